The second-order valence-corrected chi connectivity index (χ2v) is 16.0. The fourth-order valence-electron chi connectivity index (χ4n) is 9.89. The summed E-state index contributed by atoms with van der Waals surface area (Å²) in [7, 11) is 0. The molecule has 0 amide bonds. The summed E-state index contributed by atoms with van der Waals surface area (Å²) < 4.78 is 15.2. The van der Waals surface area contributed by atoms with Gasteiger partial charge >= 0.3 is 0 Å². The number of fused-ring (bicyclic) bond motifs is 11. The zero-order chi connectivity index (χ0) is 40.7. The molecule has 0 fully saturated rings. The van der Waals surface area contributed by atoms with Crippen LogP contribution in [0.4, 0.5) is 17.1 Å². The zero-order valence-corrected chi connectivity index (χ0v) is 33.5. The third-order valence-corrected chi connectivity index (χ3v) is 12.6. The van der Waals surface area contributed by atoms with E-state index in [9.17, 15) is 0 Å². The van der Waals surface area contributed by atoms with E-state index in [4.69, 9.17) is 8.83 Å². The topological polar surface area (TPSA) is 34.5 Å². The molecule has 3 heterocycles. The molecule has 10 aromatic carbocycles. The molecular weight excluding hydrogens is 757 g/mol. The summed E-state index contributed by atoms with van der Waals surface area (Å²) in [6.07, 6.45) is 0. The summed E-state index contributed by atoms with van der Waals surface area (Å²) in [5, 5.41) is 9.32. The molecule has 0 aliphatic heterocycles. The van der Waals surface area contributed by atoms with Crippen molar-refractivity contribution in [1.82, 2.24) is 4.57 Å². The smallest absolute Gasteiger partial charge is 0.137 e. The third kappa shape index (κ3) is 5.20. The Morgan fingerprint density at radius 1 is 0.355 bits per heavy atom. The molecule has 0 bridgehead atoms. The van der Waals surface area contributed by atoms with Crippen molar-refractivity contribution in [2.24, 2.45) is 0 Å². The minimum atomic E-state index is 0.848. The van der Waals surface area contributed by atoms with Gasteiger partial charge in [-0.1, -0.05) is 146 Å². The first kappa shape index (κ1) is 34.5. The number of nitrogens with zero attached hydrogens (tertiary/aromatic N) is 2. The van der Waals surface area contributed by atoms with E-state index in [1.165, 1.54) is 49.3 Å². The van der Waals surface area contributed by atoms with E-state index in [0.717, 1.165) is 72.2 Å². The summed E-state index contributed by atoms with van der Waals surface area (Å²) >= 11 is 0. The summed E-state index contributed by atoms with van der Waals surface area (Å²) in [6, 6.07) is 78.1. The molecule has 4 heteroatoms. The Morgan fingerprint density at radius 3 is 1.85 bits per heavy atom. The number of furan rings is 2. The van der Waals surface area contributed by atoms with Crippen LogP contribution in [-0.2, 0) is 0 Å². The van der Waals surface area contributed by atoms with Crippen LogP contribution in [-0.4, -0.2) is 4.57 Å². The minimum Gasteiger partial charge on any atom is -0.456 e. The SMILES string of the molecule is c1ccc(-c2cccc(-n3c4ccccc4c4c5ccccc5ccc43)c2-c2ccc(N(c3ccc4oc5ccccc5c4c3)c3cccc4oc5ccccc5c34)cc2)cc1. The van der Waals surface area contributed by atoms with Crippen LogP contribution in [0, 0.1) is 0 Å². The Bertz CT molecular complexity index is 3870. The predicted molar refractivity (Wildman–Crippen MR) is 258 cm³/mol. The molecule has 0 N–H and O–H groups in total. The maximum Gasteiger partial charge on any atom is 0.137 e. The molecule has 0 unspecified atom stereocenters. The number of rotatable bonds is 6. The van der Waals surface area contributed by atoms with Crippen molar-refractivity contribution in [1.29, 1.82) is 0 Å². The number of para-hydroxylation sites is 3. The monoisotopic (exact) mass is 792 g/mol. The van der Waals surface area contributed by atoms with Gasteiger partial charge in [0, 0.05) is 43.9 Å². The van der Waals surface area contributed by atoms with Gasteiger partial charge in [-0.25, -0.2) is 0 Å². The zero-order valence-electron chi connectivity index (χ0n) is 33.5. The third-order valence-electron chi connectivity index (χ3n) is 12.6. The van der Waals surface area contributed by atoms with E-state index in [2.05, 4.69) is 204 Å². The quantitative estimate of drug-likeness (QED) is 0.168. The average Bonchev–Trinajstić information content (AvgIpc) is 4.02. The highest BCUT2D eigenvalue weighted by atomic mass is 16.3. The molecular formula is C58H36N2O2. The van der Waals surface area contributed by atoms with Crippen LogP contribution in [0.1, 0.15) is 0 Å². The number of hydrogen-bond acceptors (Lipinski definition) is 3. The lowest BCUT2D eigenvalue weighted by molar-refractivity contribution is 0.668. The standard InChI is InChI=1S/C58H36N2O2/c1-2-14-37(15-3-1)42-21-12-23-49(60-48-22-9-6-19-45(48)57-43-17-5-4-16-38(43)30-34-51(57)60)56(42)39-28-31-40(32-29-39)59(41-33-35-54-47(36-41)44-18-7-10-25-52(44)61-54)50-24-13-27-55-58(50)46-20-8-11-26-53(46)62-55/h1-36H. The van der Waals surface area contributed by atoms with E-state index in [-0.39, 0.29) is 0 Å². The summed E-state index contributed by atoms with van der Waals surface area (Å²) in [5.41, 5.74) is 14.7. The van der Waals surface area contributed by atoms with Gasteiger partial charge in [0.1, 0.15) is 22.3 Å². The molecule has 290 valence electrons. The van der Waals surface area contributed by atoms with Gasteiger partial charge < -0.3 is 18.3 Å². The van der Waals surface area contributed by atoms with Crippen molar-refractivity contribution in [3.05, 3.63) is 218 Å². The molecule has 13 aromatic rings. The van der Waals surface area contributed by atoms with Crippen molar-refractivity contribution in [2.75, 3.05) is 4.90 Å². The van der Waals surface area contributed by atoms with Crippen molar-refractivity contribution < 1.29 is 8.83 Å². The lowest BCUT2D eigenvalue weighted by atomic mass is 9.92. The Hall–Kier alpha value is -8.34. The molecule has 3 aromatic heterocycles. The van der Waals surface area contributed by atoms with Crippen LogP contribution >= 0.6 is 0 Å². The first-order valence-corrected chi connectivity index (χ1v) is 21.1. The first-order valence-electron chi connectivity index (χ1n) is 21.1. The molecule has 0 aliphatic rings. The fraction of sp³-hybridized carbons (Fsp3) is 0. The van der Waals surface area contributed by atoms with Gasteiger partial charge in [-0.15, -0.1) is 0 Å². The van der Waals surface area contributed by atoms with Gasteiger partial charge in [0.25, 0.3) is 0 Å². The Labute approximate surface area is 356 Å². The molecule has 0 radical (unpaired) electrons. The normalized spacial score (nSPS) is 11.9. The summed E-state index contributed by atoms with van der Waals surface area (Å²) in [6.45, 7) is 0. The lowest BCUT2D eigenvalue weighted by Gasteiger charge is -2.27. The number of aromatic nitrogens is 1. The Balaban J connectivity index is 1.05. The van der Waals surface area contributed by atoms with E-state index in [0.29, 0.717) is 0 Å². The molecule has 0 aliphatic carbocycles. The first-order chi connectivity index (χ1) is 30.8. The molecule has 0 saturated heterocycles. The Morgan fingerprint density at radius 2 is 1.00 bits per heavy atom. The summed E-state index contributed by atoms with van der Waals surface area (Å²) in [4.78, 5) is 2.36. The van der Waals surface area contributed by atoms with Gasteiger partial charge in [-0.3, -0.25) is 0 Å². The van der Waals surface area contributed by atoms with Crippen molar-refractivity contribution in [3.63, 3.8) is 0 Å². The molecule has 62 heavy (non-hydrogen) atoms. The van der Waals surface area contributed by atoms with Crippen molar-refractivity contribution in [3.8, 4) is 27.9 Å². The molecule has 4 nitrogen and oxygen atoms in total. The largest absolute Gasteiger partial charge is 0.456 e. The van der Waals surface area contributed by atoms with Crippen molar-refractivity contribution >= 4 is 93.5 Å². The van der Waals surface area contributed by atoms with Crippen LogP contribution in [0.15, 0.2) is 227 Å². The minimum absolute atomic E-state index is 0.848. The van der Waals surface area contributed by atoms with Gasteiger partial charge in [-0.05, 0) is 100 Å². The second-order valence-electron chi connectivity index (χ2n) is 16.0. The van der Waals surface area contributed by atoms with Crippen LogP contribution < -0.4 is 4.90 Å². The highest BCUT2D eigenvalue weighted by Gasteiger charge is 2.23. The predicted octanol–water partition coefficient (Wildman–Crippen LogP) is 16.5. The second kappa shape index (κ2) is 13.6. The van der Waals surface area contributed by atoms with Crippen molar-refractivity contribution in [2.45, 2.75) is 0 Å². The van der Waals surface area contributed by atoms with Crippen LogP contribution in [0.25, 0.3) is 104 Å². The van der Waals surface area contributed by atoms with Crippen LogP contribution in [0.5, 0.6) is 0 Å². The van der Waals surface area contributed by atoms with E-state index < -0.39 is 0 Å². The maximum absolute atomic E-state index is 6.45. The lowest BCUT2D eigenvalue weighted by Crippen LogP contribution is -2.10. The number of anilines is 3. The molecule has 13 rings (SSSR count). The maximum atomic E-state index is 6.45. The molecule has 0 atom stereocenters. The van der Waals surface area contributed by atoms with Gasteiger partial charge in [0.2, 0.25) is 0 Å². The number of benzene rings is 10. The van der Waals surface area contributed by atoms with E-state index in [1.807, 2.05) is 24.3 Å². The van der Waals surface area contributed by atoms with E-state index >= 15 is 0 Å². The van der Waals surface area contributed by atoms with Gasteiger partial charge in [0.15, 0.2) is 0 Å². The Kier molecular flexibility index (Phi) is 7.57. The average molecular weight is 793 g/mol. The van der Waals surface area contributed by atoms with E-state index in [1.54, 1.807) is 0 Å². The molecule has 0 saturated carbocycles. The number of hydrogen-bond donors (Lipinski definition) is 0. The highest BCUT2D eigenvalue weighted by Crippen LogP contribution is 2.47. The molecule has 0 spiro atoms. The fourth-order valence-corrected chi connectivity index (χ4v) is 9.89. The van der Waals surface area contributed by atoms with Crippen LogP contribution in [0.3, 0.4) is 0 Å². The summed E-state index contributed by atoms with van der Waals surface area (Å²) in [5.74, 6) is 0. The van der Waals surface area contributed by atoms with Gasteiger partial charge in [-0.2, -0.15) is 0 Å². The highest BCUT2D eigenvalue weighted by molar-refractivity contribution is 6.22. The van der Waals surface area contributed by atoms with Crippen LogP contribution in [0.2, 0.25) is 0 Å². The van der Waals surface area contributed by atoms with Gasteiger partial charge in [0.05, 0.1) is 27.8 Å².